The zero-order chi connectivity index (χ0) is 74.3. The molecule has 1 aliphatic rings. The number of primary amides is 1. The molecule has 546 valence electrons. The molecule has 1 aliphatic heterocycles. The first-order valence-corrected chi connectivity index (χ1v) is 31.8. The number of carbonyl (C=O) groups excluding carboxylic acids is 12. The second kappa shape index (κ2) is 38.1. The number of pyridine rings is 1. The summed E-state index contributed by atoms with van der Waals surface area (Å²) < 4.78 is 41.2. The topological polar surface area (TPSA) is 545 Å². The normalized spacial score (nSPS) is 23.9. The number of aliphatic hydroxyl groups excluding tert-OH is 4. The lowest BCUT2D eigenvalue weighted by Gasteiger charge is -2.34. The van der Waals surface area contributed by atoms with Gasteiger partial charge in [0, 0.05) is 19.2 Å². The summed E-state index contributed by atoms with van der Waals surface area (Å²) >= 11 is 0. The van der Waals surface area contributed by atoms with Crippen molar-refractivity contribution in [1.82, 2.24) is 68.8 Å². The molecule has 0 bridgehead atoms. The van der Waals surface area contributed by atoms with Crippen LogP contribution in [0.4, 0.5) is 13.2 Å². The zero-order valence-electron chi connectivity index (χ0n) is 56.3. The number of carbonyl (C=O) groups is 12. The number of nitrogens with one attached hydrogen (secondary N) is 13. The first-order chi connectivity index (χ1) is 45.6. The number of rotatable bonds is 22. The Morgan fingerprint density at radius 3 is 1.79 bits per heavy atom. The van der Waals surface area contributed by atoms with Gasteiger partial charge in [-0.05, 0) is 73.0 Å². The van der Waals surface area contributed by atoms with E-state index in [1.54, 1.807) is 48.5 Å². The maximum atomic E-state index is 15.6. The van der Waals surface area contributed by atoms with E-state index < -0.39 is 216 Å². The smallest absolute Gasteiger partial charge is 0.394 e. The lowest BCUT2D eigenvalue weighted by molar-refractivity contribution is -0.141. The molecule has 98 heavy (non-hydrogen) atoms. The summed E-state index contributed by atoms with van der Waals surface area (Å²) in [5.74, 6) is -18.0. The molecule has 12 amide bonds. The van der Waals surface area contributed by atoms with Gasteiger partial charge in [-0.2, -0.15) is 13.2 Å². The van der Waals surface area contributed by atoms with E-state index in [0.717, 1.165) is 19.2 Å². The SMILES string of the molecule is CC[C@H](C)[C@@H]1NC(=O)[C@@H](CCCNC(=N)N)NC(=O)[C@H](CC(C)C)NC(=O)[C@H]([C@H](O)C(C)C)NC(=O)[C@@H](NC(=O)[C@H](Cc2ccc(C(F)(F)F)nc2)NC(=O)[C@H](N)CC(C)(C)C)[C@@H](c2ccccc2)NC(=O)[C@H](CO)NC(=O)[C@H]([C@H](O)C(N)=O)NC(=O)CNC(=O)[C@H]([C@H](C)O)NC1=O. The number of hydrogen-bond acceptors (Lipinski definition) is 19. The number of guanidine groups is 1. The zero-order valence-corrected chi connectivity index (χ0v) is 56.3. The number of aliphatic hydroxyl groups is 4. The Morgan fingerprint density at radius 1 is 0.694 bits per heavy atom. The van der Waals surface area contributed by atoms with Crippen molar-refractivity contribution in [2.45, 2.75) is 199 Å². The number of aromatic nitrogens is 1. The van der Waals surface area contributed by atoms with Gasteiger partial charge in [0.1, 0.15) is 60.1 Å². The lowest BCUT2D eigenvalue weighted by Crippen LogP contribution is -2.65. The van der Waals surface area contributed by atoms with Crippen molar-refractivity contribution in [3.8, 4) is 0 Å². The Morgan fingerprint density at radius 2 is 1.26 bits per heavy atom. The summed E-state index contributed by atoms with van der Waals surface area (Å²) in [5, 5.41) is 80.5. The number of nitrogens with two attached hydrogens (primary N) is 3. The third-order valence-electron chi connectivity index (χ3n) is 15.6. The number of alkyl halides is 3. The Balaban J connectivity index is 2.48. The van der Waals surface area contributed by atoms with E-state index in [0.29, 0.717) is 6.07 Å². The molecule has 0 saturated carbocycles. The van der Waals surface area contributed by atoms with Gasteiger partial charge in [-0.1, -0.05) is 105 Å². The van der Waals surface area contributed by atoms with Gasteiger partial charge in [0.2, 0.25) is 70.9 Å². The standard InChI is InChI=1S/C62H96F3N17O16/c1-11-30(6)41-56(95)79-42(31(7)84)55(94)72-26-40(85)77-46(48(87)49(67)88)59(98)76-38(27-83)54(93)80-43(33-16-13-12-14-17-33)44(81-53(92)37(74-50(89)34(66)24-61(8,9)10)23-32-19-20-39(71-25-32)62(63,64)65)57(96)82-45(47(86)29(4)5)58(97)75-36(22-28(2)3)52(91)73-35(51(90)78-41)18-15-21-70-60(68)69/h12-14,16-17,19-20,25,28-31,34-38,41-48,83-84,86-87H,11,15,18,21-24,26-27,66H2,1-10H3,(H2,67,88)(H,72,94)(H,73,91)(H,74,89)(H,75,97)(H,76,98)(H,77,85)(H,78,90)(H,79,95)(H,80,93)(H,81,92)(H,82,96)(H4,68,69,70)/t30-,31-,34+,35+,36-,37-,38-,41-,42-,43+,44-,45-,46-,47+,48-/m0/s1. The van der Waals surface area contributed by atoms with Crippen molar-refractivity contribution in [3.05, 3.63) is 65.5 Å². The van der Waals surface area contributed by atoms with E-state index in [4.69, 9.17) is 22.6 Å². The summed E-state index contributed by atoms with van der Waals surface area (Å²) in [6.07, 6.45) is -11.3. The number of nitrogens with zero attached hydrogens (tertiary/aromatic N) is 1. The van der Waals surface area contributed by atoms with E-state index >= 15 is 14.4 Å². The van der Waals surface area contributed by atoms with E-state index in [1.807, 2.05) is 10.6 Å². The maximum absolute atomic E-state index is 15.6. The second-order valence-corrected chi connectivity index (χ2v) is 26.0. The summed E-state index contributed by atoms with van der Waals surface area (Å²) in [4.78, 5) is 175. The molecule has 15 atom stereocenters. The Bertz CT molecular complexity index is 3100. The van der Waals surface area contributed by atoms with Crippen molar-refractivity contribution >= 4 is 76.8 Å². The number of halogens is 3. The number of benzene rings is 1. The highest BCUT2D eigenvalue weighted by atomic mass is 19.4. The van der Waals surface area contributed by atoms with Crippen LogP contribution in [0.5, 0.6) is 0 Å². The summed E-state index contributed by atoms with van der Waals surface area (Å²) in [6.45, 7) is 13.2. The fourth-order valence-corrected chi connectivity index (χ4v) is 10.00. The fraction of sp³-hybridized carbons (Fsp3) is 0.613. The lowest BCUT2D eigenvalue weighted by atomic mass is 9.88. The van der Waals surface area contributed by atoms with E-state index in [1.165, 1.54) is 44.2 Å². The molecule has 0 spiro atoms. The van der Waals surface area contributed by atoms with Gasteiger partial charge in [0.15, 0.2) is 12.1 Å². The monoisotopic (exact) mass is 1390 g/mol. The minimum Gasteiger partial charge on any atom is -0.394 e. The summed E-state index contributed by atoms with van der Waals surface area (Å²) in [6, 6.07) is -12.5. The largest absolute Gasteiger partial charge is 0.433 e. The Labute approximate surface area is 564 Å². The minimum atomic E-state index is -4.91. The van der Waals surface area contributed by atoms with E-state index in [9.17, 15) is 76.7 Å². The van der Waals surface area contributed by atoms with Crippen LogP contribution in [-0.2, 0) is 70.1 Å². The average Bonchev–Trinajstić information content (AvgIpc) is 0.816. The molecule has 0 aliphatic carbocycles. The molecule has 1 aromatic heterocycles. The molecule has 1 saturated heterocycles. The fourth-order valence-electron chi connectivity index (χ4n) is 10.00. The quantitative estimate of drug-likeness (QED) is 0.0299. The van der Waals surface area contributed by atoms with Crippen molar-refractivity contribution < 1.29 is 91.1 Å². The molecule has 1 fully saturated rings. The van der Waals surface area contributed by atoms with Crippen molar-refractivity contribution in [2.24, 2.45) is 40.4 Å². The molecule has 3 rings (SSSR count). The van der Waals surface area contributed by atoms with Gasteiger partial charge in [0.05, 0.1) is 37.4 Å². The van der Waals surface area contributed by atoms with Crippen LogP contribution < -0.4 is 81.0 Å². The van der Waals surface area contributed by atoms with Gasteiger partial charge in [-0.15, -0.1) is 0 Å². The molecule has 1 aromatic carbocycles. The first kappa shape index (κ1) is 83.1. The van der Waals surface area contributed by atoms with Gasteiger partial charge in [0.25, 0.3) is 0 Å². The maximum Gasteiger partial charge on any atom is 0.433 e. The van der Waals surface area contributed by atoms with Crippen LogP contribution >= 0.6 is 0 Å². The molecular formula is C62H96F3N17O16. The third kappa shape index (κ3) is 26.4. The van der Waals surface area contributed by atoms with Gasteiger partial charge >= 0.3 is 6.18 Å². The molecule has 0 unspecified atom stereocenters. The number of hydrogen-bond donors (Lipinski definition) is 20. The highest BCUT2D eigenvalue weighted by Gasteiger charge is 2.43. The third-order valence-corrected chi connectivity index (χ3v) is 15.6. The van der Waals surface area contributed by atoms with Crippen LogP contribution in [0, 0.1) is 28.6 Å². The van der Waals surface area contributed by atoms with E-state index in [2.05, 4.69) is 58.2 Å². The van der Waals surface area contributed by atoms with Crippen LogP contribution in [0.1, 0.15) is 124 Å². The highest BCUT2D eigenvalue weighted by molar-refractivity contribution is 6.01. The van der Waals surface area contributed by atoms with Crippen LogP contribution in [-0.4, -0.2) is 201 Å². The molecule has 0 radical (unpaired) electrons. The number of amides is 12. The van der Waals surface area contributed by atoms with Crippen LogP contribution in [0.25, 0.3) is 0 Å². The van der Waals surface area contributed by atoms with Gasteiger partial charge in [-0.25, -0.2) is 0 Å². The molecule has 2 heterocycles. The van der Waals surface area contributed by atoms with E-state index in [-0.39, 0.29) is 49.8 Å². The second-order valence-electron chi connectivity index (χ2n) is 26.0. The van der Waals surface area contributed by atoms with Gasteiger partial charge in [-0.3, -0.25) is 67.9 Å². The Hall–Kier alpha value is -9.13. The van der Waals surface area contributed by atoms with Crippen molar-refractivity contribution in [2.75, 3.05) is 19.7 Å². The highest BCUT2D eigenvalue weighted by Crippen LogP contribution is 2.28. The first-order valence-electron chi connectivity index (χ1n) is 31.8. The molecular weight excluding hydrogens is 1300 g/mol. The van der Waals surface area contributed by atoms with Gasteiger partial charge < -0.3 is 101 Å². The molecule has 2 aromatic rings. The molecule has 36 heteroatoms. The Kier molecular flexibility index (Phi) is 32.3. The van der Waals surface area contributed by atoms with Crippen molar-refractivity contribution in [3.63, 3.8) is 0 Å². The van der Waals surface area contributed by atoms with Crippen LogP contribution in [0.15, 0.2) is 48.7 Å². The predicted molar refractivity (Wildman–Crippen MR) is 346 cm³/mol. The van der Waals surface area contributed by atoms with Crippen molar-refractivity contribution in [1.29, 1.82) is 5.41 Å². The molecule has 33 nitrogen and oxygen atoms in total. The van der Waals surface area contributed by atoms with Crippen LogP contribution in [0.2, 0.25) is 0 Å². The summed E-state index contributed by atoms with van der Waals surface area (Å²) in [5.41, 5.74) is 15.0. The molecule has 23 N–H and O–H groups in total. The average molecular weight is 1390 g/mol. The summed E-state index contributed by atoms with van der Waals surface area (Å²) in [7, 11) is 0. The minimum absolute atomic E-state index is 0.0127. The predicted octanol–water partition coefficient (Wildman–Crippen LogP) is -4.65. The van der Waals surface area contributed by atoms with Crippen LogP contribution in [0.3, 0.4) is 0 Å².